The van der Waals surface area contributed by atoms with E-state index in [1.54, 1.807) is 30.3 Å². The molecule has 1 aromatic carbocycles. The highest BCUT2D eigenvalue weighted by Crippen LogP contribution is 2.11. The minimum Gasteiger partial charge on any atom is -0.480 e. The molecule has 0 saturated heterocycles. The van der Waals surface area contributed by atoms with E-state index in [9.17, 15) is 34.2 Å². The average molecular weight is 635 g/mol. The molecule has 0 aromatic heterocycles. The van der Waals surface area contributed by atoms with E-state index in [2.05, 4.69) is 26.3 Å². The minimum absolute atomic E-state index is 0.0504. The third kappa shape index (κ3) is 15.4. The number of rotatable bonds is 20. The highest BCUT2D eigenvalue weighted by Gasteiger charge is 2.32. The molecule has 0 bridgehead atoms. The van der Waals surface area contributed by atoms with Crippen molar-refractivity contribution in [3.05, 3.63) is 35.9 Å². The van der Waals surface area contributed by atoms with E-state index in [0.29, 0.717) is 6.42 Å². The molecule has 0 radical (unpaired) electrons. The van der Waals surface area contributed by atoms with Gasteiger partial charge in [-0.05, 0) is 43.1 Å². The SMILES string of the molecule is CC(C)CC(NC(=O)C(CC(C)C)NC(=O)C(Cc1ccccc1)NC(=O)C(N)CO)C(=O)NC(CCCN=C(N)N)C(=O)O. The second kappa shape index (κ2) is 19.9. The summed E-state index contributed by atoms with van der Waals surface area (Å²) in [4.78, 5) is 68.4. The maximum absolute atomic E-state index is 13.6. The van der Waals surface area contributed by atoms with E-state index in [-0.39, 0.29) is 50.0 Å². The molecular weight excluding hydrogens is 584 g/mol. The number of carboxylic acid groups (broad SMARTS) is 1. The van der Waals surface area contributed by atoms with Crippen molar-refractivity contribution >= 4 is 35.6 Å². The summed E-state index contributed by atoms with van der Waals surface area (Å²) in [6, 6.07) is 3.12. The lowest BCUT2D eigenvalue weighted by Gasteiger charge is -2.28. The average Bonchev–Trinajstić information content (AvgIpc) is 2.96. The lowest BCUT2D eigenvalue weighted by Crippen LogP contribution is -2.59. The maximum Gasteiger partial charge on any atom is 0.326 e. The molecule has 5 unspecified atom stereocenters. The highest BCUT2D eigenvalue weighted by atomic mass is 16.4. The van der Waals surface area contributed by atoms with Gasteiger partial charge in [0.25, 0.3) is 0 Å². The number of aliphatic imine (C=N–C) groups is 1. The zero-order valence-electron chi connectivity index (χ0n) is 26.5. The molecule has 0 aliphatic heterocycles. The van der Waals surface area contributed by atoms with Gasteiger partial charge in [-0.15, -0.1) is 0 Å². The van der Waals surface area contributed by atoms with Crippen molar-refractivity contribution in [3.8, 4) is 0 Å². The van der Waals surface area contributed by atoms with Crippen molar-refractivity contribution in [1.29, 1.82) is 0 Å². The van der Waals surface area contributed by atoms with Crippen LogP contribution in [0.1, 0.15) is 58.9 Å². The number of nitrogens with one attached hydrogen (secondary N) is 4. The Hall–Kier alpha value is -4.24. The van der Waals surface area contributed by atoms with Crippen LogP contribution in [0.5, 0.6) is 0 Å². The number of carbonyl (C=O) groups excluding carboxylic acids is 4. The van der Waals surface area contributed by atoms with Crippen molar-refractivity contribution in [3.63, 3.8) is 0 Å². The van der Waals surface area contributed by atoms with Crippen LogP contribution in [0.25, 0.3) is 0 Å². The summed E-state index contributed by atoms with van der Waals surface area (Å²) in [5.74, 6) is -4.21. The third-order valence-electron chi connectivity index (χ3n) is 6.69. The van der Waals surface area contributed by atoms with Crippen LogP contribution in [0.4, 0.5) is 0 Å². The van der Waals surface area contributed by atoms with Gasteiger partial charge in [-0.1, -0.05) is 58.0 Å². The van der Waals surface area contributed by atoms with Crippen LogP contribution in [0.2, 0.25) is 0 Å². The molecule has 0 heterocycles. The molecule has 0 aliphatic carbocycles. The Morgan fingerprint density at radius 3 is 1.67 bits per heavy atom. The number of nitrogens with zero attached hydrogens (tertiary/aromatic N) is 1. The number of nitrogens with two attached hydrogens (primary N) is 3. The van der Waals surface area contributed by atoms with Crippen LogP contribution in [-0.2, 0) is 30.4 Å². The molecule has 15 heteroatoms. The molecule has 12 N–H and O–H groups in total. The van der Waals surface area contributed by atoms with Crippen LogP contribution in [0, 0.1) is 11.8 Å². The smallest absolute Gasteiger partial charge is 0.326 e. The number of benzene rings is 1. The number of guanidine groups is 1. The molecule has 0 spiro atoms. The lowest BCUT2D eigenvalue weighted by molar-refractivity contribution is -0.142. The van der Waals surface area contributed by atoms with Gasteiger partial charge >= 0.3 is 5.97 Å². The van der Waals surface area contributed by atoms with Gasteiger partial charge in [-0.2, -0.15) is 0 Å². The van der Waals surface area contributed by atoms with Gasteiger partial charge in [-0.25, -0.2) is 4.79 Å². The largest absolute Gasteiger partial charge is 0.480 e. The molecule has 45 heavy (non-hydrogen) atoms. The summed E-state index contributed by atoms with van der Waals surface area (Å²) < 4.78 is 0. The van der Waals surface area contributed by atoms with E-state index in [1.807, 2.05) is 27.7 Å². The molecule has 5 atom stereocenters. The standard InChI is InChI=1S/C30H50N8O7/c1-17(2)13-22(26(41)35-21(29(44)45)11-8-12-34-30(32)33)37-27(42)23(14-18(3)4)38-28(43)24(36-25(40)20(31)16-39)15-19-9-6-5-7-10-19/h5-7,9-10,17-18,20-24,39H,8,11-16,31H2,1-4H3,(H,35,41)(H,36,40)(H,37,42)(H,38,43)(H,44,45)(H4,32,33,34). The first kappa shape index (κ1) is 38.8. The van der Waals surface area contributed by atoms with Gasteiger partial charge in [0.05, 0.1) is 6.61 Å². The van der Waals surface area contributed by atoms with Crippen LogP contribution in [0.3, 0.4) is 0 Å². The molecule has 1 rings (SSSR count). The Balaban J connectivity index is 3.15. The van der Waals surface area contributed by atoms with Crippen LogP contribution in [0.15, 0.2) is 35.3 Å². The zero-order chi connectivity index (χ0) is 34.1. The number of carbonyl (C=O) groups is 5. The molecule has 1 aromatic rings. The zero-order valence-corrected chi connectivity index (χ0v) is 26.5. The Morgan fingerprint density at radius 2 is 1.22 bits per heavy atom. The van der Waals surface area contributed by atoms with Crippen molar-refractivity contribution in [2.45, 2.75) is 90.0 Å². The van der Waals surface area contributed by atoms with Gasteiger partial charge in [0, 0.05) is 13.0 Å². The van der Waals surface area contributed by atoms with Gasteiger partial charge in [-0.3, -0.25) is 24.2 Å². The summed E-state index contributed by atoms with van der Waals surface area (Å²) in [6.45, 7) is 6.96. The molecule has 0 aliphatic rings. The molecule has 0 fully saturated rings. The highest BCUT2D eigenvalue weighted by molar-refractivity contribution is 5.95. The number of aliphatic hydroxyl groups is 1. The van der Waals surface area contributed by atoms with Crippen LogP contribution in [-0.4, -0.2) is 89.1 Å². The quantitative estimate of drug-likeness (QED) is 0.0466. The van der Waals surface area contributed by atoms with E-state index >= 15 is 0 Å². The van der Waals surface area contributed by atoms with E-state index in [1.165, 1.54) is 0 Å². The van der Waals surface area contributed by atoms with E-state index < -0.39 is 66.4 Å². The lowest BCUT2D eigenvalue weighted by atomic mass is 9.99. The summed E-state index contributed by atoms with van der Waals surface area (Å²) in [5, 5.41) is 29.4. The number of hydrogen-bond acceptors (Lipinski definition) is 8. The minimum atomic E-state index is -1.25. The van der Waals surface area contributed by atoms with Crippen molar-refractivity contribution in [1.82, 2.24) is 21.3 Å². The Morgan fingerprint density at radius 1 is 0.756 bits per heavy atom. The third-order valence-corrected chi connectivity index (χ3v) is 6.69. The Bertz CT molecular complexity index is 1140. The second-order valence-corrected chi connectivity index (χ2v) is 11.8. The van der Waals surface area contributed by atoms with Gasteiger partial charge in [0.2, 0.25) is 23.6 Å². The first-order valence-electron chi connectivity index (χ1n) is 15.0. The normalized spacial score (nSPS) is 14.4. The molecule has 15 nitrogen and oxygen atoms in total. The van der Waals surface area contributed by atoms with Crippen LogP contribution >= 0.6 is 0 Å². The number of carboxylic acids is 1. The van der Waals surface area contributed by atoms with E-state index in [4.69, 9.17) is 17.2 Å². The van der Waals surface area contributed by atoms with Crippen molar-refractivity contribution < 1.29 is 34.2 Å². The fourth-order valence-corrected chi connectivity index (χ4v) is 4.40. The van der Waals surface area contributed by atoms with Crippen LogP contribution < -0.4 is 38.5 Å². The summed E-state index contributed by atoms with van der Waals surface area (Å²) >= 11 is 0. The second-order valence-electron chi connectivity index (χ2n) is 11.8. The molecule has 0 saturated carbocycles. The number of amides is 4. The topological polar surface area (TPSA) is 264 Å². The molecule has 4 amide bonds. The predicted octanol–water partition coefficient (Wildman–Crippen LogP) is -1.28. The van der Waals surface area contributed by atoms with Gasteiger partial charge < -0.3 is 48.7 Å². The first-order chi connectivity index (χ1) is 21.1. The Labute approximate surface area is 264 Å². The van der Waals surface area contributed by atoms with Gasteiger partial charge in [0.15, 0.2) is 5.96 Å². The molecule has 252 valence electrons. The van der Waals surface area contributed by atoms with E-state index in [0.717, 1.165) is 5.56 Å². The fraction of sp³-hybridized carbons (Fsp3) is 0.600. The van der Waals surface area contributed by atoms with Gasteiger partial charge in [0.1, 0.15) is 30.2 Å². The van der Waals surface area contributed by atoms with Crippen molar-refractivity contribution in [2.24, 2.45) is 34.0 Å². The number of aliphatic carboxylic acids is 1. The summed E-state index contributed by atoms with van der Waals surface area (Å²) in [7, 11) is 0. The van der Waals surface area contributed by atoms with Crippen molar-refractivity contribution in [2.75, 3.05) is 13.2 Å². The first-order valence-corrected chi connectivity index (χ1v) is 15.0. The monoisotopic (exact) mass is 634 g/mol. The number of hydrogen-bond donors (Lipinski definition) is 9. The molecular formula is C30H50N8O7. The number of aliphatic hydroxyl groups excluding tert-OH is 1. The predicted molar refractivity (Wildman–Crippen MR) is 169 cm³/mol. The summed E-state index contributed by atoms with van der Waals surface area (Å²) in [6.07, 6.45) is 0.846. The maximum atomic E-state index is 13.6. The Kier molecular flexibility index (Phi) is 17.2. The fourth-order valence-electron chi connectivity index (χ4n) is 4.40. The summed E-state index contributed by atoms with van der Waals surface area (Å²) in [5.41, 5.74) is 17.0.